The molecule has 0 radical (unpaired) electrons. The molecular weight excluding hydrogens is 621 g/mol. The van der Waals surface area contributed by atoms with E-state index in [1.807, 2.05) is 97.1 Å². The van der Waals surface area contributed by atoms with Crippen molar-refractivity contribution in [1.82, 2.24) is 15.0 Å². The minimum atomic E-state index is 0. The van der Waals surface area contributed by atoms with Gasteiger partial charge in [0.15, 0.2) is 0 Å². The number of pyridine rings is 3. The molecule has 0 fully saturated rings. The molecule has 5 aromatic rings. The Balaban J connectivity index is 0.000000233. The average Bonchev–Trinajstić information content (AvgIpc) is 2.91. The van der Waals surface area contributed by atoms with Crippen molar-refractivity contribution in [3.8, 4) is 39.8 Å². The molecule has 0 saturated heterocycles. The maximum absolute atomic E-state index is 6.97. The molecule has 0 bridgehead atoms. The first kappa shape index (κ1) is 26.7. The Morgan fingerprint density at radius 1 is 0.500 bits per heavy atom. The summed E-state index contributed by atoms with van der Waals surface area (Å²) in [5.41, 5.74) is 6.64. The van der Waals surface area contributed by atoms with Crippen LogP contribution in [0, 0.1) is 12.3 Å². The molecule has 0 aliphatic rings. The Bertz CT molecular complexity index is 1250. The zero-order valence-electron chi connectivity index (χ0n) is 18.1. The van der Waals surface area contributed by atoms with E-state index in [4.69, 9.17) is 6.42 Å². The van der Waals surface area contributed by atoms with Crippen molar-refractivity contribution in [2.24, 2.45) is 0 Å². The molecule has 3 heterocycles. The summed E-state index contributed by atoms with van der Waals surface area (Å²) in [5, 5.41) is 0. The molecule has 3 nitrogen and oxygen atoms in total. The maximum atomic E-state index is 6.97. The van der Waals surface area contributed by atoms with Crippen molar-refractivity contribution in [2.75, 3.05) is 0 Å². The van der Waals surface area contributed by atoms with Gasteiger partial charge in [0.1, 0.15) is 0 Å². The molecule has 5 heteroatoms. The molecule has 2 aromatic carbocycles. The van der Waals surface area contributed by atoms with E-state index in [9.17, 15) is 0 Å². The number of halogens is 1. The predicted octanol–water partition coefficient (Wildman–Crippen LogP) is 3.50. The Kier molecular flexibility index (Phi) is 10.9. The van der Waals surface area contributed by atoms with Gasteiger partial charge < -0.3 is 18.8 Å². The van der Waals surface area contributed by atoms with Gasteiger partial charge >= 0.3 is 21.1 Å². The van der Waals surface area contributed by atoms with Crippen LogP contribution in [0.2, 0.25) is 0 Å². The van der Waals surface area contributed by atoms with Crippen molar-refractivity contribution >= 4 is 0 Å². The maximum Gasteiger partial charge on any atom is 2.00 e. The van der Waals surface area contributed by atoms with Crippen molar-refractivity contribution < 1.29 is 33.5 Å². The minimum Gasteiger partial charge on any atom is -1.00 e. The molecule has 0 aliphatic heterocycles. The summed E-state index contributed by atoms with van der Waals surface area (Å²) in [6, 6.07) is 35.5. The summed E-state index contributed by atoms with van der Waals surface area (Å²) in [4.78, 5) is 13.2. The molecule has 0 spiro atoms. The van der Waals surface area contributed by atoms with E-state index in [0.717, 1.165) is 28.3 Å². The van der Waals surface area contributed by atoms with Gasteiger partial charge in [0.05, 0.1) is 22.8 Å². The molecule has 0 amide bonds. The van der Waals surface area contributed by atoms with Gasteiger partial charge in [-0.15, -0.1) is 17.7 Å². The van der Waals surface area contributed by atoms with E-state index < -0.39 is 0 Å². The van der Waals surface area contributed by atoms with Gasteiger partial charge in [0.2, 0.25) is 0 Å². The van der Waals surface area contributed by atoms with Crippen molar-refractivity contribution in [3.05, 3.63) is 134 Å². The van der Waals surface area contributed by atoms with E-state index in [1.165, 1.54) is 11.1 Å². The van der Waals surface area contributed by atoms with Crippen LogP contribution in [0.1, 0.15) is 5.56 Å². The van der Waals surface area contributed by atoms with Gasteiger partial charge in [-0.25, -0.2) is 4.98 Å². The van der Waals surface area contributed by atoms with Crippen LogP contribution in [0.4, 0.5) is 0 Å². The molecule has 0 N–H and O–H groups in total. The van der Waals surface area contributed by atoms with Crippen LogP contribution >= 0.6 is 0 Å². The number of nitrogens with zero attached hydrogens (tertiary/aromatic N) is 3. The van der Waals surface area contributed by atoms with Crippen LogP contribution < -0.4 is 12.4 Å². The molecule has 34 heavy (non-hydrogen) atoms. The van der Waals surface area contributed by atoms with Crippen LogP contribution in [-0.2, 0) is 21.1 Å². The largest absolute Gasteiger partial charge is 2.00 e. The first-order valence-electron chi connectivity index (χ1n) is 10.2. The molecule has 0 saturated carbocycles. The van der Waals surface area contributed by atoms with Crippen LogP contribution in [0.15, 0.2) is 122 Å². The fourth-order valence-electron chi connectivity index (χ4n) is 3.13. The van der Waals surface area contributed by atoms with Gasteiger partial charge in [-0.1, -0.05) is 60.7 Å². The van der Waals surface area contributed by atoms with E-state index in [2.05, 4.69) is 33.0 Å². The average molecular weight is 641 g/mol. The topological polar surface area (TPSA) is 38.7 Å². The summed E-state index contributed by atoms with van der Waals surface area (Å²) >= 11 is 0. The zero-order chi connectivity index (χ0) is 22.0. The van der Waals surface area contributed by atoms with E-state index in [1.54, 1.807) is 12.4 Å². The molecule has 0 aliphatic carbocycles. The summed E-state index contributed by atoms with van der Waals surface area (Å²) in [6.45, 7) is 0. The summed E-state index contributed by atoms with van der Waals surface area (Å²) in [7, 11) is 0. The number of benzene rings is 2. The molecule has 0 atom stereocenters. The van der Waals surface area contributed by atoms with Gasteiger partial charge in [0, 0.05) is 12.4 Å². The van der Waals surface area contributed by atoms with E-state index in [-0.39, 0.29) is 33.5 Å². The molecular formula is C29H20ClN3Pt. The number of hydrogen-bond acceptors (Lipinski definition) is 3. The third-order valence-corrected chi connectivity index (χ3v) is 4.74. The van der Waals surface area contributed by atoms with E-state index in [0.29, 0.717) is 0 Å². The second-order valence-corrected chi connectivity index (χ2v) is 6.91. The van der Waals surface area contributed by atoms with Crippen LogP contribution in [-0.4, -0.2) is 15.0 Å². The SMILES string of the molecule is [C-]#Cc1ccc(-c2ccccc2)cc1.[Cl-].[Pt+2].c1ccc(-c2cccc(-c3ccccn3)n2)nc1. The standard InChI is InChI=1S/C15H11N3.C14H9.ClH.Pt/c1-3-10-16-12(6-1)14-8-5-9-15(18-14)13-7-2-4-11-17-13;1-2-12-8-10-14(11-9-12)13-6-4-3-5-7-13;;/h1-11H;3-11H;1H;/q;-1;;+2/p-1. The van der Waals surface area contributed by atoms with E-state index >= 15 is 0 Å². The zero-order valence-corrected chi connectivity index (χ0v) is 21.1. The Labute approximate surface area is 221 Å². The summed E-state index contributed by atoms with van der Waals surface area (Å²) in [6.07, 6.45) is 10.5. The van der Waals surface area contributed by atoms with Gasteiger partial charge in [-0.05, 0) is 47.5 Å². The third kappa shape index (κ3) is 7.22. The first-order chi connectivity index (χ1) is 15.8. The summed E-state index contributed by atoms with van der Waals surface area (Å²) < 4.78 is 0. The van der Waals surface area contributed by atoms with Gasteiger partial charge in [0.25, 0.3) is 0 Å². The van der Waals surface area contributed by atoms with Crippen molar-refractivity contribution in [3.63, 3.8) is 0 Å². The molecule has 168 valence electrons. The quantitative estimate of drug-likeness (QED) is 0.224. The third-order valence-electron chi connectivity index (χ3n) is 4.74. The monoisotopic (exact) mass is 640 g/mol. The summed E-state index contributed by atoms with van der Waals surface area (Å²) in [5.74, 6) is 2.36. The number of aromatic nitrogens is 3. The Morgan fingerprint density at radius 3 is 1.44 bits per heavy atom. The number of hydrogen-bond donors (Lipinski definition) is 0. The number of rotatable bonds is 3. The van der Waals surface area contributed by atoms with Crippen molar-refractivity contribution in [1.29, 1.82) is 0 Å². The Hall–Kier alpha value is -3.57. The normalized spacial score (nSPS) is 9.26. The second-order valence-electron chi connectivity index (χ2n) is 6.91. The molecule has 3 aromatic heterocycles. The predicted molar refractivity (Wildman–Crippen MR) is 129 cm³/mol. The molecule has 0 unspecified atom stereocenters. The van der Waals surface area contributed by atoms with Crippen molar-refractivity contribution in [2.45, 2.75) is 0 Å². The van der Waals surface area contributed by atoms with Gasteiger partial charge in [-0.2, -0.15) is 0 Å². The van der Waals surface area contributed by atoms with Gasteiger partial charge in [-0.3, -0.25) is 15.9 Å². The fraction of sp³-hybridized carbons (Fsp3) is 0. The fourth-order valence-corrected chi connectivity index (χ4v) is 3.13. The van der Waals surface area contributed by atoms with Crippen LogP contribution in [0.25, 0.3) is 33.9 Å². The minimum absolute atomic E-state index is 0. The van der Waals surface area contributed by atoms with Crippen LogP contribution in [0.5, 0.6) is 0 Å². The van der Waals surface area contributed by atoms with Crippen LogP contribution in [0.3, 0.4) is 0 Å². The first-order valence-corrected chi connectivity index (χ1v) is 10.2. The smallest absolute Gasteiger partial charge is 1.00 e. The molecule has 5 rings (SSSR count). The second kappa shape index (κ2) is 13.9. The Morgan fingerprint density at radius 2 is 0.971 bits per heavy atom.